The number of carbonyl (C=O) groups excluding carboxylic acids is 1. The van der Waals surface area contributed by atoms with E-state index in [1.807, 2.05) is 0 Å². The lowest BCUT2D eigenvalue weighted by atomic mass is 10.1. The topological polar surface area (TPSA) is 63.7 Å². The fourth-order valence-electron chi connectivity index (χ4n) is 3.24. The first-order chi connectivity index (χ1) is 11.0. The van der Waals surface area contributed by atoms with Crippen molar-refractivity contribution >= 4 is 27.3 Å². The van der Waals surface area contributed by atoms with Gasteiger partial charge < -0.3 is 9.64 Å². The summed E-state index contributed by atoms with van der Waals surface area (Å²) in [5.74, 6) is -0.144. The van der Waals surface area contributed by atoms with Crippen LogP contribution in [0, 0.1) is 5.92 Å². The van der Waals surface area contributed by atoms with Crippen LogP contribution in [-0.2, 0) is 19.4 Å². The van der Waals surface area contributed by atoms with Crippen LogP contribution in [-0.4, -0.2) is 51.3 Å². The summed E-state index contributed by atoms with van der Waals surface area (Å²) in [5.41, 5.74) is 0.632. The average molecular weight is 358 g/mol. The van der Waals surface area contributed by atoms with Crippen molar-refractivity contribution in [1.29, 1.82) is 0 Å². The Balaban J connectivity index is 1.80. The van der Waals surface area contributed by atoms with E-state index in [0.717, 1.165) is 6.42 Å². The Morgan fingerprint density at radius 2 is 2.00 bits per heavy atom. The van der Waals surface area contributed by atoms with E-state index in [0.29, 0.717) is 36.8 Å². The minimum Gasteiger partial charge on any atom is -0.381 e. The Hall–Kier alpha value is -1.11. The summed E-state index contributed by atoms with van der Waals surface area (Å²) in [5, 5.41) is -0.182. The van der Waals surface area contributed by atoms with Crippen molar-refractivity contribution in [2.45, 2.75) is 18.1 Å². The highest BCUT2D eigenvalue weighted by molar-refractivity contribution is 7.91. The normalized spacial score (nSPS) is 27.6. The number of hydrogen-bond donors (Lipinski definition) is 0. The lowest BCUT2D eigenvalue weighted by molar-refractivity contribution is -0.135. The summed E-state index contributed by atoms with van der Waals surface area (Å²) >= 11 is 6.18. The summed E-state index contributed by atoms with van der Waals surface area (Å²) < 4.78 is 30.5. The van der Waals surface area contributed by atoms with Gasteiger partial charge in [-0.15, -0.1) is 0 Å². The molecule has 0 aromatic heterocycles. The van der Waals surface area contributed by atoms with Gasteiger partial charge in [0.2, 0.25) is 5.91 Å². The maximum absolute atomic E-state index is 12.6. The summed E-state index contributed by atoms with van der Waals surface area (Å²) in [7, 11) is -3.34. The number of amides is 1. The molecule has 0 unspecified atom stereocenters. The number of benzene rings is 1. The van der Waals surface area contributed by atoms with Gasteiger partial charge in [-0.05, 0) is 24.5 Å². The predicted molar refractivity (Wildman–Crippen MR) is 88.1 cm³/mol. The van der Waals surface area contributed by atoms with Crippen LogP contribution in [0.5, 0.6) is 0 Å². The molecule has 1 amide bonds. The zero-order valence-corrected chi connectivity index (χ0v) is 14.4. The molecule has 0 N–H and O–H groups in total. The Labute approximate surface area is 141 Å². The van der Waals surface area contributed by atoms with Gasteiger partial charge in [-0.2, -0.15) is 0 Å². The lowest BCUT2D eigenvalue weighted by Crippen LogP contribution is -2.38. The molecule has 0 spiro atoms. The Morgan fingerprint density at radius 1 is 1.22 bits per heavy atom. The minimum atomic E-state index is -3.34. The third-order valence-electron chi connectivity index (χ3n) is 4.58. The molecule has 3 rings (SSSR count). The number of ether oxygens (including phenoxy) is 1. The molecule has 126 valence electrons. The molecule has 2 heterocycles. The Morgan fingerprint density at radius 3 is 2.70 bits per heavy atom. The van der Waals surface area contributed by atoms with Crippen molar-refractivity contribution in [3.05, 3.63) is 34.9 Å². The van der Waals surface area contributed by atoms with Crippen LogP contribution in [0.25, 0.3) is 0 Å². The van der Waals surface area contributed by atoms with Gasteiger partial charge in [-0.25, -0.2) is 8.42 Å². The first-order valence-electron chi connectivity index (χ1n) is 7.81. The molecule has 7 heteroatoms. The second-order valence-electron chi connectivity index (χ2n) is 6.05. The second kappa shape index (κ2) is 6.79. The summed E-state index contributed by atoms with van der Waals surface area (Å²) in [6, 6.07) is 7.04. The fraction of sp³-hybridized carbons (Fsp3) is 0.562. The largest absolute Gasteiger partial charge is 0.381 e. The number of nitrogens with zero attached hydrogens (tertiary/aromatic N) is 1. The monoisotopic (exact) mass is 357 g/mol. The van der Waals surface area contributed by atoms with Crippen LogP contribution in [0.15, 0.2) is 24.3 Å². The van der Waals surface area contributed by atoms with Gasteiger partial charge in [-0.1, -0.05) is 29.8 Å². The van der Waals surface area contributed by atoms with E-state index < -0.39 is 15.1 Å². The molecule has 2 saturated heterocycles. The number of halogens is 1. The van der Waals surface area contributed by atoms with Crippen LogP contribution in [0.3, 0.4) is 0 Å². The third kappa shape index (κ3) is 3.54. The average Bonchev–Trinajstić information content (AvgIpc) is 3.00. The number of carbonyl (C=O) groups is 1. The zero-order chi connectivity index (χ0) is 16.4. The SMILES string of the molecule is O=C([C@H]1CCOC1)N1CC[C@@H](c2ccccc2Cl)S(=O)(=O)CC1. The standard InChI is InChI=1S/C16H20ClNO4S/c17-14-4-2-1-3-13(14)15-5-7-18(8-10-23(15,20)21)16(19)12-6-9-22-11-12/h1-4,12,15H,5-11H2/t12-,15-/m0/s1. The summed E-state index contributed by atoms with van der Waals surface area (Å²) in [4.78, 5) is 14.2. The van der Waals surface area contributed by atoms with E-state index in [9.17, 15) is 13.2 Å². The minimum absolute atomic E-state index is 0.0116. The Bertz CT molecular complexity index is 685. The van der Waals surface area contributed by atoms with Crippen LogP contribution in [0.2, 0.25) is 5.02 Å². The van der Waals surface area contributed by atoms with Gasteiger partial charge in [0.15, 0.2) is 9.84 Å². The molecule has 0 bridgehead atoms. The number of hydrogen-bond acceptors (Lipinski definition) is 4. The van der Waals surface area contributed by atoms with Crippen LogP contribution in [0.1, 0.15) is 23.7 Å². The van der Waals surface area contributed by atoms with Gasteiger partial charge in [-0.3, -0.25) is 4.79 Å². The lowest BCUT2D eigenvalue weighted by Gasteiger charge is -2.22. The summed E-state index contributed by atoms with van der Waals surface area (Å²) in [6.07, 6.45) is 1.10. The molecule has 2 atom stereocenters. The highest BCUT2D eigenvalue weighted by Gasteiger charge is 2.36. The van der Waals surface area contributed by atoms with Crippen LogP contribution < -0.4 is 0 Å². The molecule has 23 heavy (non-hydrogen) atoms. The molecule has 2 aliphatic heterocycles. The molecule has 0 aliphatic carbocycles. The van der Waals surface area contributed by atoms with E-state index in [4.69, 9.17) is 16.3 Å². The smallest absolute Gasteiger partial charge is 0.228 e. The van der Waals surface area contributed by atoms with Crippen molar-refractivity contribution in [2.24, 2.45) is 5.92 Å². The molecular weight excluding hydrogens is 338 g/mol. The van der Waals surface area contributed by atoms with Crippen LogP contribution >= 0.6 is 11.6 Å². The van der Waals surface area contributed by atoms with Crippen molar-refractivity contribution in [1.82, 2.24) is 4.90 Å². The van der Waals surface area contributed by atoms with E-state index in [-0.39, 0.29) is 24.1 Å². The third-order valence-corrected chi connectivity index (χ3v) is 7.04. The molecule has 2 fully saturated rings. The first-order valence-corrected chi connectivity index (χ1v) is 9.91. The molecule has 0 radical (unpaired) electrons. The van der Waals surface area contributed by atoms with Crippen molar-refractivity contribution < 1.29 is 17.9 Å². The maximum Gasteiger partial charge on any atom is 0.228 e. The van der Waals surface area contributed by atoms with E-state index in [1.165, 1.54) is 0 Å². The summed E-state index contributed by atoms with van der Waals surface area (Å²) in [6.45, 7) is 1.73. The molecule has 0 saturated carbocycles. The van der Waals surface area contributed by atoms with E-state index in [2.05, 4.69) is 0 Å². The fourth-order valence-corrected chi connectivity index (χ4v) is 5.39. The molecule has 2 aliphatic rings. The van der Waals surface area contributed by atoms with Gasteiger partial charge >= 0.3 is 0 Å². The van der Waals surface area contributed by atoms with Gasteiger partial charge in [0, 0.05) is 24.7 Å². The molecule has 1 aromatic carbocycles. The molecule has 1 aromatic rings. The van der Waals surface area contributed by atoms with E-state index in [1.54, 1.807) is 29.2 Å². The van der Waals surface area contributed by atoms with Crippen molar-refractivity contribution in [3.8, 4) is 0 Å². The second-order valence-corrected chi connectivity index (χ2v) is 8.76. The highest BCUT2D eigenvalue weighted by atomic mass is 35.5. The predicted octanol–water partition coefficient (Wildman–Crippen LogP) is 2.06. The number of rotatable bonds is 2. The zero-order valence-electron chi connectivity index (χ0n) is 12.8. The first kappa shape index (κ1) is 16.7. The molecular formula is C16H20ClNO4S. The maximum atomic E-state index is 12.6. The Kier molecular flexibility index (Phi) is 4.94. The molecule has 5 nitrogen and oxygen atoms in total. The van der Waals surface area contributed by atoms with Gasteiger partial charge in [0.05, 0.1) is 23.5 Å². The van der Waals surface area contributed by atoms with E-state index >= 15 is 0 Å². The van der Waals surface area contributed by atoms with Crippen molar-refractivity contribution in [2.75, 3.05) is 32.1 Å². The highest BCUT2D eigenvalue weighted by Crippen LogP contribution is 2.34. The quantitative estimate of drug-likeness (QED) is 0.812. The number of sulfone groups is 1. The van der Waals surface area contributed by atoms with Gasteiger partial charge in [0.1, 0.15) is 0 Å². The van der Waals surface area contributed by atoms with Gasteiger partial charge in [0.25, 0.3) is 0 Å². The van der Waals surface area contributed by atoms with Crippen LogP contribution in [0.4, 0.5) is 0 Å². The van der Waals surface area contributed by atoms with Crippen molar-refractivity contribution in [3.63, 3.8) is 0 Å².